The van der Waals surface area contributed by atoms with Gasteiger partial charge < -0.3 is 10.1 Å². The normalized spacial score (nSPS) is 24.6. The van der Waals surface area contributed by atoms with Crippen LogP contribution in [0.3, 0.4) is 0 Å². The molecule has 0 radical (unpaired) electrons. The average Bonchev–Trinajstić information content (AvgIpc) is 2.81. The van der Waals surface area contributed by atoms with Crippen LogP contribution >= 0.6 is 15.9 Å². The Kier molecular flexibility index (Phi) is 5.79. The summed E-state index contributed by atoms with van der Waals surface area (Å²) < 4.78 is 7.07. The summed E-state index contributed by atoms with van der Waals surface area (Å²) in [5, 5.41) is 3.63. The molecule has 0 aromatic carbocycles. The fourth-order valence-corrected chi connectivity index (χ4v) is 3.03. The predicted octanol–water partition coefficient (Wildman–Crippen LogP) is 3.32. The zero-order valence-electron chi connectivity index (χ0n) is 11.7. The first-order chi connectivity index (χ1) is 9.19. The number of halogens is 1. The van der Waals surface area contributed by atoms with Gasteiger partial charge in [-0.15, -0.1) is 0 Å². The largest absolute Gasteiger partial charge is 0.374 e. The Morgan fingerprint density at radius 1 is 1.47 bits per heavy atom. The second-order valence-corrected chi connectivity index (χ2v) is 6.25. The van der Waals surface area contributed by atoms with Gasteiger partial charge in [-0.25, -0.2) is 0 Å². The number of pyridine rings is 1. The van der Waals surface area contributed by atoms with E-state index in [4.69, 9.17) is 4.74 Å². The van der Waals surface area contributed by atoms with Gasteiger partial charge in [0.1, 0.15) is 0 Å². The summed E-state index contributed by atoms with van der Waals surface area (Å²) in [5.74, 6) is 0. The van der Waals surface area contributed by atoms with Gasteiger partial charge >= 0.3 is 0 Å². The maximum absolute atomic E-state index is 6.03. The van der Waals surface area contributed by atoms with Crippen molar-refractivity contribution < 1.29 is 4.74 Å². The SMILES string of the molecule is CCCNC(Cc1cncc(Br)c1)C1CCC(C)O1. The maximum Gasteiger partial charge on any atom is 0.0735 e. The third kappa shape index (κ3) is 4.55. The number of aromatic nitrogens is 1. The predicted molar refractivity (Wildman–Crippen MR) is 81.3 cm³/mol. The van der Waals surface area contributed by atoms with Crippen LogP contribution in [-0.4, -0.2) is 29.8 Å². The van der Waals surface area contributed by atoms with E-state index < -0.39 is 0 Å². The van der Waals surface area contributed by atoms with E-state index in [1.165, 1.54) is 12.0 Å². The molecule has 1 saturated heterocycles. The van der Waals surface area contributed by atoms with Crippen LogP contribution in [0, 0.1) is 0 Å². The molecule has 1 fully saturated rings. The Morgan fingerprint density at radius 3 is 2.95 bits per heavy atom. The van der Waals surface area contributed by atoms with E-state index in [1.807, 2.05) is 12.4 Å². The van der Waals surface area contributed by atoms with Crippen molar-refractivity contribution >= 4 is 15.9 Å². The molecule has 3 nitrogen and oxygen atoms in total. The summed E-state index contributed by atoms with van der Waals surface area (Å²) in [4.78, 5) is 4.24. The third-order valence-corrected chi connectivity index (χ3v) is 4.02. The van der Waals surface area contributed by atoms with Gasteiger partial charge in [0.25, 0.3) is 0 Å². The molecule has 3 unspecified atom stereocenters. The summed E-state index contributed by atoms with van der Waals surface area (Å²) in [6, 6.07) is 2.53. The van der Waals surface area contributed by atoms with Crippen molar-refractivity contribution in [1.29, 1.82) is 0 Å². The zero-order chi connectivity index (χ0) is 13.7. The van der Waals surface area contributed by atoms with Crippen LogP contribution in [0.1, 0.15) is 38.7 Å². The Hall–Kier alpha value is -0.450. The van der Waals surface area contributed by atoms with Gasteiger partial charge in [-0.3, -0.25) is 4.98 Å². The molecule has 1 aliphatic rings. The maximum atomic E-state index is 6.03. The molecular weight excluding hydrogens is 304 g/mol. The Morgan fingerprint density at radius 2 is 2.32 bits per heavy atom. The number of nitrogens with zero attached hydrogens (tertiary/aromatic N) is 1. The summed E-state index contributed by atoms with van der Waals surface area (Å²) in [5.41, 5.74) is 1.26. The zero-order valence-corrected chi connectivity index (χ0v) is 13.3. The van der Waals surface area contributed by atoms with Gasteiger partial charge in [-0.1, -0.05) is 6.92 Å². The van der Waals surface area contributed by atoms with E-state index in [2.05, 4.69) is 46.1 Å². The standard InChI is InChI=1S/C15H23BrN2O/c1-3-6-18-14(15-5-4-11(2)19-15)8-12-7-13(16)10-17-9-12/h7,9-11,14-15,18H,3-6,8H2,1-2H3. The summed E-state index contributed by atoms with van der Waals surface area (Å²) >= 11 is 3.48. The highest BCUT2D eigenvalue weighted by molar-refractivity contribution is 9.10. The molecule has 0 saturated carbocycles. The highest BCUT2D eigenvalue weighted by Crippen LogP contribution is 2.24. The van der Waals surface area contributed by atoms with Gasteiger partial charge in [-0.2, -0.15) is 0 Å². The number of hydrogen-bond donors (Lipinski definition) is 1. The number of ether oxygens (including phenoxy) is 1. The van der Waals surface area contributed by atoms with Crippen LogP contribution < -0.4 is 5.32 Å². The topological polar surface area (TPSA) is 34.2 Å². The quantitative estimate of drug-likeness (QED) is 0.870. The molecule has 1 aromatic rings. The van der Waals surface area contributed by atoms with Crippen molar-refractivity contribution in [3.8, 4) is 0 Å². The first-order valence-corrected chi connectivity index (χ1v) is 7.96. The van der Waals surface area contributed by atoms with Crippen molar-refractivity contribution in [2.75, 3.05) is 6.54 Å². The molecule has 1 aliphatic heterocycles. The summed E-state index contributed by atoms with van der Waals surface area (Å²) in [7, 11) is 0. The molecule has 19 heavy (non-hydrogen) atoms. The third-order valence-electron chi connectivity index (χ3n) is 3.59. The van der Waals surface area contributed by atoms with Gasteiger partial charge in [0, 0.05) is 22.9 Å². The van der Waals surface area contributed by atoms with E-state index in [-0.39, 0.29) is 0 Å². The van der Waals surface area contributed by atoms with Crippen molar-refractivity contribution in [3.05, 3.63) is 28.5 Å². The van der Waals surface area contributed by atoms with Crippen LogP contribution in [0.5, 0.6) is 0 Å². The Balaban J connectivity index is 2.00. The molecule has 2 rings (SSSR count). The van der Waals surface area contributed by atoms with E-state index in [0.29, 0.717) is 18.2 Å². The van der Waals surface area contributed by atoms with Crippen molar-refractivity contribution in [2.45, 2.75) is 57.8 Å². The summed E-state index contributed by atoms with van der Waals surface area (Å²) in [6.07, 6.45) is 8.96. The minimum atomic E-state index is 0.334. The lowest BCUT2D eigenvalue weighted by molar-refractivity contribution is 0.0320. The molecule has 4 heteroatoms. The van der Waals surface area contributed by atoms with Gasteiger partial charge in [0.15, 0.2) is 0 Å². The van der Waals surface area contributed by atoms with Crippen molar-refractivity contribution in [2.24, 2.45) is 0 Å². The second-order valence-electron chi connectivity index (χ2n) is 5.34. The van der Waals surface area contributed by atoms with Crippen LogP contribution in [0.4, 0.5) is 0 Å². The molecule has 1 N–H and O–H groups in total. The average molecular weight is 327 g/mol. The highest BCUT2D eigenvalue weighted by Gasteiger charge is 2.29. The molecule has 0 amide bonds. The minimum Gasteiger partial charge on any atom is -0.374 e. The molecule has 0 spiro atoms. The van der Waals surface area contributed by atoms with E-state index in [1.54, 1.807) is 0 Å². The monoisotopic (exact) mass is 326 g/mol. The second kappa shape index (κ2) is 7.36. The molecular formula is C15H23BrN2O. The van der Waals surface area contributed by atoms with Crippen molar-refractivity contribution in [1.82, 2.24) is 10.3 Å². The minimum absolute atomic E-state index is 0.334. The lowest BCUT2D eigenvalue weighted by Crippen LogP contribution is -2.42. The van der Waals surface area contributed by atoms with E-state index in [0.717, 1.165) is 30.3 Å². The van der Waals surface area contributed by atoms with Gasteiger partial charge in [-0.05, 0) is 66.7 Å². The molecule has 1 aromatic heterocycles. The van der Waals surface area contributed by atoms with E-state index >= 15 is 0 Å². The number of rotatable bonds is 6. The molecule has 3 atom stereocenters. The van der Waals surface area contributed by atoms with E-state index in [9.17, 15) is 0 Å². The van der Waals surface area contributed by atoms with Gasteiger partial charge in [0.05, 0.1) is 12.2 Å². The molecule has 106 valence electrons. The first kappa shape index (κ1) is 14.9. The Labute approximate surface area is 124 Å². The lowest BCUT2D eigenvalue weighted by Gasteiger charge is -2.25. The van der Waals surface area contributed by atoms with Crippen LogP contribution in [0.25, 0.3) is 0 Å². The molecule has 2 heterocycles. The smallest absolute Gasteiger partial charge is 0.0735 e. The van der Waals surface area contributed by atoms with Crippen LogP contribution in [0.15, 0.2) is 22.9 Å². The van der Waals surface area contributed by atoms with Gasteiger partial charge in [0.2, 0.25) is 0 Å². The lowest BCUT2D eigenvalue weighted by atomic mass is 10.00. The fraction of sp³-hybridized carbons (Fsp3) is 0.667. The number of hydrogen-bond acceptors (Lipinski definition) is 3. The Bertz CT molecular complexity index is 399. The highest BCUT2D eigenvalue weighted by atomic mass is 79.9. The van der Waals surface area contributed by atoms with Crippen LogP contribution in [0.2, 0.25) is 0 Å². The number of nitrogens with one attached hydrogen (secondary N) is 1. The summed E-state index contributed by atoms with van der Waals surface area (Å²) in [6.45, 7) is 5.40. The van der Waals surface area contributed by atoms with Crippen molar-refractivity contribution in [3.63, 3.8) is 0 Å². The molecule has 0 aliphatic carbocycles. The fourth-order valence-electron chi connectivity index (χ4n) is 2.62. The first-order valence-electron chi connectivity index (χ1n) is 7.17. The van der Waals surface area contributed by atoms with Crippen LogP contribution in [-0.2, 0) is 11.2 Å². The molecule has 0 bridgehead atoms.